The van der Waals surface area contributed by atoms with Crippen LogP contribution in [0, 0.1) is 13.8 Å². The Morgan fingerprint density at radius 2 is 1.52 bits per heavy atom. The minimum Gasteiger partial charge on any atom is -0.444 e. The molecule has 0 saturated heterocycles. The van der Waals surface area contributed by atoms with Crippen LogP contribution in [0.3, 0.4) is 0 Å². The number of carbonyl (C=O) groups is 3. The summed E-state index contributed by atoms with van der Waals surface area (Å²) in [4.78, 5) is 43.4. The first-order chi connectivity index (χ1) is 19.8. The van der Waals surface area contributed by atoms with Gasteiger partial charge in [0, 0.05) is 12.5 Å². The Bertz CT molecular complexity index is 1370. The lowest BCUT2D eigenvalue weighted by atomic mass is 9.95. The molecule has 3 rings (SSSR count). The van der Waals surface area contributed by atoms with Gasteiger partial charge in [-0.15, -0.1) is 0 Å². The van der Waals surface area contributed by atoms with Gasteiger partial charge >= 0.3 is 6.09 Å². The number of alkyl carbamates (subject to hydrolysis) is 1. The fraction of sp³-hybridized carbons (Fsp3) is 0.382. The molecule has 0 saturated carbocycles. The van der Waals surface area contributed by atoms with E-state index in [1.165, 1.54) is 0 Å². The fourth-order valence-corrected chi connectivity index (χ4v) is 5.04. The van der Waals surface area contributed by atoms with Crippen molar-refractivity contribution < 1.29 is 19.1 Å². The van der Waals surface area contributed by atoms with Crippen molar-refractivity contribution in [1.29, 1.82) is 0 Å². The lowest BCUT2D eigenvalue weighted by Crippen LogP contribution is -2.55. The highest BCUT2D eigenvalue weighted by atomic mass is 35.5. The third kappa shape index (κ3) is 8.58. The quantitative estimate of drug-likeness (QED) is 0.257. The summed E-state index contributed by atoms with van der Waals surface area (Å²) >= 11 is 6.48. The summed E-state index contributed by atoms with van der Waals surface area (Å²) in [6, 6.07) is 20.0. The number of ether oxygens (including phenoxy) is 1. The van der Waals surface area contributed by atoms with E-state index in [-0.39, 0.29) is 12.5 Å². The first-order valence-corrected chi connectivity index (χ1v) is 14.7. The molecule has 42 heavy (non-hydrogen) atoms. The number of amides is 3. The van der Waals surface area contributed by atoms with Crippen LogP contribution in [0.15, 0.2) is 72.8 Å². The van der Waals surface area contributed by atoms with Crippen LogP contribution in [0.5, 0.6) is 0 Å². The summed E-state index contributed by atoms with van der Waals surface area (Å²) in [5.41, 5.74) is 2.94. The van der Waals surface area contributed by atoms with Crippen LogP contribution in [0.2, 0.25) is 5.02 Å². The van der Waals surface area contributed by atoms with Gasteiger partial charge in [-0.25, -0.2) is 4.79 Å². The Kier molecular flexibility index (Phi) is 11.2. The van der Waals surface area contributed by atoms with E-state index in [0.717, 1.165) is 16.7 Å². The summed E-state index contributed by atoms with van der Waals surface area (Å²) in [5, 5.41) is 6.21. The van der Waals surface area contributed by atoms with Gasteiger partial charge in [-0.05, 0) is 76.3 Å². The van der Waals surface area contributed by atoms with Gasteiger partial charge in [-0.2, -0.15) is 0 Å². The number of nitrogens with one attached hydrogen (secondary N) is 2. The third-order valence-electron chi connectivity index (χ3n) is 7.07. The zero-order chi connectivity index (χ0) is 31.0. The van der Waals surface area contributed by atoms with Crippen LogP contribution in [0.25, 0.3) is 0 Å². The Morgan fingerprint density at radius 3 is 2.12 bits per heavy atom. The smallest absolute Gasteiger partial charge is 0.408 e. The summed E-state index contributed by atoms with van der Waals surface area (Å²) in [6.45, 7) is 12.9. The number of aryl methyl sites for hydroxylation is 2. The minimum atomic E-state index is -0.997. The average Bonchev–Trinajstić information content (AvgIpc) is 2.92. The lowest BCUT2D eigenvalue weighted by molar-refractivity contribution is -0.143. The molecule has 0 fully saturated rings. The number of rotatable bonds is 10. The number of halogens is 1. The summed E-state index contributed by atoms with van der Waals surface area (Å²) in [7, 11) is 0. The van der Waals surface area contributed by atoms with Crippen molar-refractivity contribution in [2.75, 3.05) is 5.32 Å². The van der Waals surface area contributed by atoms with Gasteiger partial charge < -0.3 is 20.3 Å². The number of hydrogen-bond donors (Lipinski definition) is 2. The second kappa shape index (κ2) is 14.4. The zero-order valence-electron chi connectivity index (χ0n) is 25.5. The molecule has 224 valence electrons. The van der Waals surface area contributed by atoms with Crippen LogP contribution >= 0.6 is 11.6 Å². The summed E-state index contributed by atoms with van der Waals surface area (Å²) in [6.07, 6.45) is 0.0960. The molecule has 7 nitrogen and oxygen atoms in total. The van der Waals surface area contributed by atoms with E-state index in [2.05, 4.69) is 10.6 Å². The molecule has 2 N–H and O–H groups in total. The Morgan fingerprint density at radius 1 is 0.905 bits per heavy atom. The van der Waals surface area contributed by atoms with Crippen molar-refractivity contribution >= 4 is 35.2 Å². The molecule has 0 aromatic heterocycles. The van der Waals surface area contributed by atoms with Crippen molar-refractivity contribution in [3.63, 3.8) is 0 Å². The Labute approximate surface area is 254 Å². The molecule has 0 radical (unpaired) electrons. The molecule has 0 spiro atoms. The Balaban J connectivity index is 2.12. The number of para-hydroxylation sites is 1. The van der Waals surface area contributed by atoms with Crippen LogP contribution in [-0.2, 0) is 20.7 Å². The topological polar surface area (TPSA) is 87.7 Å². The molecular formula is C34H42ClN3O4. The number of anilines is 1. The standard InChI is InChI=1S/C34H42ClN3O4/c1-8-24(4)38(32(40)28(21-25-17-10-9-11-18-25)36-33(41)42-34(5,6)7)30(26-19-13-12-15-22(26)2)31(39)37-29-23(3)16-14-20-27(29)35/h9-20,24,28,30H,8,21H2,1-7H3,(H,36,41)(H,37,39). The molecule has 3 unspecified atom stereocenters. The molecule has 8 heteroatoms. The van der Waals surface area contributed by atoms with Crippen molar-refractivity contribution in [2.45, 2.75) is 85.0 Å². The average molecular weight is 592 g/mol. The van der Waals surface area contributed by atoms with Gasteiger partial charge in [0.1, 0.15) is 17.7 Å². The molecule has 0 heterocycles. The third-order valence-corrected chi connectivity index (χ3v) is 7.39. The van der Waals surface area contributed by atoms with Crippen molar-refractivity contribution in [3.05, 3.63) is 100 Å². The van der Waals surface area contributed by atoms with E-state index in [1.54, 1.807) is 31.7 Å². The molecule has 0 aliphatic rings. The monoisotopic (exact) mass is 591 g/mol. The summed E-state index contributed by atoms with van der Waals surface area (Å²) in [5.74, 6) is -0.789. The van der Waals surface area contributed by atoms with Gasteiger partial charge in [0.25, 0.3) is 5.91 Å². The van der Waals surface area contributed by atoms with E-state index in [4.69, 9.17) is 16.3 Å². The van der Waals surface area contributed by atoms with Crippen LogP contribution in [-0.4, -0.2) is 40.5 Å². The van der Waals surface area contributed by atoms with E-state index in [1.807, 2.05) is 94.4 Å². The normalized spacial score (nSPS) is 13.4. The van der Waals surface area contributed by atoms with E-state index < -0.39 is 35.6 Å². The van der Waals surface area contributed by atoms with Crippen molar-refractivity contribution in [3.8, 4) is 0 Å². The second-order valence-electron chi connectivity index (χ2n) is 11.6. The first-order valence-electron chi connectivity index (χ1n) is 14.3. The van der Waals surface area contributed by atoms with Crippen molar-refractivity contribution in [1.82, 2.24) is 10.2 Å². The fourth-order valence-electron chi connectivity index (χ4n) is 4.77. The highest BCUT2D eigenvalue weighted by Gasteiger charge is 2.39. The molecule has 3 amide bonds. The SMILES string of the molecule is CCC(C)N(C(=O)C(Cc1ccccc1)NC(=O)OC(C)(C)C)C(C(=O)Nc1c(C)cccc1Cl)c1ccccc1C. The van der Waals surface area contributed by atoms with Gasteiger partial charge in [-0.1, -0.05) is 85.3 Å². The predicted octanol–water partition coefficient (Wildman–Crippen LogP) is 7.40. The van der Waals surface area contributed by atoms with Gasteiger partial charge in [0.05, 0.1) is 10.7 Å². The number of benzene rings is 3. The minimum absolute atomic E-state index is 0.220. The van der Waals surface area contributed by atoms with E-state index >= 15 is 0 Å². The van der Waals surface area contributed by atoms with Crippen molar-refractivity contribution in [2.24, 2.45) is 0 Å². The van der Waals surface area contributed by atoms with Crippen LogP contribution in [0.4, 0.5) is 10.5 Å². The maximum atomic E-state index is 14.6. The number of nitrogens with zero attached hydrogens (tertiary/aromatic N) is 1. The summed E-state index contributed by atoms with van der Waals surface area (Å²) < 4.78 is 5.52. The van der Waals surface area contributed by atoms with Gasteiger partial charge in [0.2, 0.25) is 5.91 Å². The number of carbonyl (C=O) groups excluding carboxylic acids is 3. The van der Waals surface area contributed by atoms with Gasteiger partial charge in [0.15, 0.2) is 0 Å². The highest BCUT2D eigenvalue weighted by Crippen LogP contribution is 2.32. The maximum Gasteiger partial charge on any atom is 0.408 e. The van der Waals surface area contributed by atoms with Gasteiger partial charge in [-0.3, -0.25) is 9.59 Å². The van der Waals surface area contributed by atoms with E-state index in [0.29, 0.717) is 22.7 Å². The molecule has 3 atom stereocenters. The molecule has 0 aliphatic carbocycles. The predicted molar refractivity (Wildman–Crippen MR) is 169 cm³/mol. The molecule has 0 bridgehead atoms. The Hall–Kier alpha value is -3.84. The zero-order valence-corrected chi connectivity index (χ0v) is 26.3. The molecule has 0 aliphatic heterocycles. The molecule has 3 aromatic rings. The first kappa shape index (κ1) is 32.7. The van der Waals surface area contributed by atoms with Crippen LogP contribution in [0.1, 0.15) is 69.3 Å². The molecule has 3 aromatic carbocycles. The van der Waals surface area contributed by atoms with Crippen LogP contribution < -0.4 is 10.6 Å². The number of hydrogen-bond acceptors (Lipinski definition) is 4. The second-order valence-corrected chi connectivity index (χ2v) is 12.0. The highest BCUT2D eigenvalue weighted by molar-refractivity contribution is 6.34. The van der Waals surface area contributed by atoms with E-state index in [9.17, 15) is 14.4 Å². The maximum absolute atomic E-state index is 14.6. The lowest BCUT2D eigenvalue weighted by Gasteiger charge is -2.39. The largest absolute Gasteiger partial charge is 0.444 e. The molecular weight excluding hydrogens is 550 g/mol.